The fourth-order valence-electron chi connectivity index (χ4n) is 2.01. The minimum atomic E-state index is -0.499. The van der Waals surface area contributed by atoms with E-state index in [1.807, 2.05) is 0 Å². The quantitative estimate of drug-likeness (QED) is 0.222. The minimum absolute atomic E-state index is 0.133. The fraction of sp³-hybridized carbons (Fsp3) is 0.500. The summed E-state index contributed by atoms with van der Waals surface area (Å²) in [5.74, 6) is 0.418. The molecule has 0 heterocycles. The second kappa shape index (κ2) is 11.3. The van der Waals surface area contributed by atoms with Crippen molar-refractivity contribution in [3.05, 3.63) is 27.8 Å². The molecule has 0 aliphatic carbocycles. The Kier molecular flexibility index (Phi) is 9.38. The predicted octanol–water partition coefficient (Wildman–Crippen LogP) is 3.57. The molecule has 9 heteroatoms. The van der Waals surface area contributed by atoms with Crippen molar-refractivity contribution in [2.24, 2.45) is 15.9 Å². The molecular formula is C16H24N4O4S. The maximum absolute atomic E-state index is 11.4. The van der Waals surface area contributed by atoms with Crippen LogP contribution in [-0.2, 0) is 0 Å². The van der Waals surface area contributed by atoms with E-state index in [0.29, 0.717) is 17.3 Å². The van der Waals surface area contributed by atoms with Gasteiger partial charge in [-0.15, -0.1) is 5.10 Å². The van der Waals surface area contributed by atoms with E-state index >= 15 is 0 Å². The molecule has 0 spiro atoms. The van der Waals surface area contributed by atoms with Gasteiger partial charge in [0.15, 0.2) is 10.9 Å². The van der Waals surface area contributed by atoms with Crippen LogP contribution in [0, 0.1) is 10.1 Å². The third kappa shape index (κ3) is 7.00. The topological polar surface area (TPSA) is 112 Å². The van der Waals surface area contributed by atoms with E-state index in [2.05, 4.69) is 17.1 Å². The molecule has 1 rings (SSSR count). The number of nitro groups is 1. The highest BCUT2D eigenvalue weighted by Crippen LogP contribution is 2.38. The molecule has 0 unspecified atom stereocenters. The van der Waals surface area contributed by atoms with Gasteiger partial charge in [-0.25, -0.2) is 0 Å². The Hall–Kier alpha value is -2.29. The third-order valence-electron chi connectivity index (χ3n) is 3.29. The van der Waals surface area contributed by atoms with Crippen molar-refractivity contribution in [2.75, 3.05) is 20.0 Å². The highest BCUT2D eigenvalue weighted by molar-refractivity contribution is 8.13. The monoisotopic (exact) mass is 368 g/mol. The molecule has 0 fully saturated rings. The van der Waals surface area contributed by atoms with Crippen LogP contribution in [-0.4, -0.2) is 36.3 Å². The molecule has 8 nitrogen and oxygen atoms in total. The molecule has 1 aromatic carbocycles. The number of hydrogen-bond donors (Lipinski definition) is 1. The Morgan fingerprint density at radius 1 is 1.40 bits per heavy atom. The van der Waals surface area contributed by atoms with Crippen LogP contribution in [0.2, 0.25) is 0 Å². The number of nitrogens with zero attached hydrogens (tertiary/aromatic N) is 3. The summed E-state index contributed by atoms with van der Waals surface area (Å²) >= 11 is 1.25. The van der Waals surface area contributed by atoms with Crippen LogP contribution in [0.4, 0.5) is 5.69 Å². The van der Waals surface area contributed by atoms with Crippen LogP contribution < -0.4 is 15.2 Å². The number of benzene rings is 1. The highest BCUT2D eigenvalue weighted by Gasteiger charge is 2.22. The second-order valence-corrected chi connectivity index (χ2v) is 5.95. The second-order valence-electron chi connectivity index (χ2n) is 5.12. The number of ether oxygens (including phenoxy) is 2. The van der Waals surface area contributed by atoms with Gasteiger partial charge in [-0.1, -0.05) is 37.9 Å². The summed E-state index contributed by atoms with van der Waals surface area (Å²) in [6.45, 7) is 2.52. The summed E-state index contributed by atoms with van der Waals surface area (Å²) < 4.78 is 10.9. The number of amidine groups is 1. The number of unbranched alkanes of at least 4 members (excludes halogenated alkanes) is 3. The zero-order valence-corrected chi connectivity index (χ0v) is 15.5. The third-order valence-corrected chi connectivity index (χ3v) is 3.79. The van der Waals surface area contributed by atoms with Crippen molar-refractivity contribution in [3.63, 3.8) is 0 Å². The van der Waals surface area contributed by atoms with Crippen molar-refractivity contribution in [2.45, 2.75) is 32.6 Å². The summed E-state index contributed by atoms with van der Waals surface area (Å²) in [7, 11) is 1.44. The fourth-order valence-corrected chi connectivity index (χ4v) is 2.14. The van der Waals surface area contributed by atoms with Crippen molar-refractivity contribution >= 4 is 28.8 Å². The molecule has 0 aliphatic heterocycles. The van der Waals surface area contributed by atoms with E-state index in [9.17, 15) is 10.1 Å². The van der Waals surface area contributed by atoms with Crippen LogP contribution in [0.15, 0.2) is 22.3 Å². The van der Waals surface area contributed by atoms with Crippen LogP contribution >= 0.6 is 11.8 Å². The Bertz CT molecular complexity index is 635. The van der Waals surface area contributed by atoms with Gasteiger partial charge in [0.2, 0.25) is 5.75 Å². The van der Waals surface area contributed by atoms with E-state index < -0.39 is 4.92 Å². The van der Waals surface area contributed by atoms with Gasteiger partial charge < -0.3 is 15.2 Å². The molecule has 25 heavy (non-hydrogen) atoms. The SMILES string of the molecule is CCCCCCOc1c(OC)cc(/C=N\N=C(/N)SC)cc1[N+](=O)[O-]. The van der Waals surface area contributed by atoms with Gasteiger partial charge in [-0.05, 0) is 18.7 Å². The maximum atomic E-state index is 11.4. The first-order chi connectivity index (χ1) is 12.0. The molecule has 2 N–H and O–H groups in total. The first-order valence-electron chi connectivity index (χ1n) is 7.93. The van der Waals surface area contributed by atoms with E-state index in [4.69, 9.17) is 15.2 Å². The first-order valence-corrected chi connectivity index (χ1v) is 9.15. The average molecular weight is 368 g/mol. The predicted molar refractivity (Wildman–Crippen MR) is 102 cm³/mol. The van der Waals surface area contributed by atoms with Crippen molar-refractivity contribution < 1.29 is 14.4 Å². The molecule has 138 valence electrons. The summed E-state index contributed by atoms with van der Waals surface area (Å²) in [5.41, 5.74) is 5.83. The maximum Gasteiger partial charge on any atom is 0.315 e. The number of nitro benzene ring substituents is 1. The molecule has 0 amide bonds. The molecule has 0 aliphatic rings. The molecule has 0 bridgehead atoms. The number of nitrogens with two attached hydrogens (primary N) is 1. The van der Waals surface area contributed by atoms with Crippen LogP contribution in [0.5, 0.6) is 11.5 Å². The normalized spacial score (nSPS) is 11.7. The van der Waals surface area contributed by atoms with Crippen molar-refractivity contribution in [1.29, 1.82) is 0 Å². The molecule has 0 saturated carbocycles. The highest BCUT2D eigenvalue weighted by atomic mass is 32.2. The summed E-state index contributed by atoms with van der Waals surface area (Å²) in [6, 6.07) is 2.99. The van der Waals surface area contributed by atoms with Crippen molar-refractivity contribution in [1.82, 2.24) is 0 Å². The van der Waals surface area contributed by atoms with Gasteiger partial charge in [0.1, 0.15) is 0 Å². The smallest absolute Gasteiger partial charge is 0.315 e. The largest absolute Gasteiger partial charge is 0.493 e. The number of thioether (sulfide) groups is 1. The van der Waals surface area contributed by atoms with E-state index in [1.54, 1.807) is 12.3 Å². The lowest BCUT2D eigenvalue weighted by molar-refractivity contribution is -0.386. The van der Waals surface area contributed by atoms with E-state index in [0.717, 1.165) is 25.7 Å². The van der Waals surface area contributed by atoms with Gasteiger partial charge >= 0.3 is 5.69 Å². The number of rotatable bonds is 10. The molecule has 0 radical (unpaired) electrons. The minimum Gasteiger partial charge on any atom is -0.493 e. The molecule has 1 aromatic rings. The van der Waals surface area contributed by atoms with Gasteiger partial charge in [0.25, 0.3) is 0 Å². The Morgan fingerprint density at radius 2 is 2.16 bits per heavy atom. The van der Waals surface area contributed by atoms with Crippen molar-refractivity contribution in [3.8, 4) is 11.5 Å². The van der Waals surface area contributed by atoms with E-state index in [1.165, 1.54) is 31.2 Å². The molecule has 0 aromatic heterocycles. The Morgan fingerprint density at radius 3 is 2.76 bits per heavy atom. The van der Waals surface area contributed by atoms with Gasteiger partial charge in [-0.2, -0.15) is 5.10 Å². The van der Waals surface area contributed by atoms with Gasteiger partial charge in [0, 0.05) is 11.6 Å². The number of hydrogen-bond acceptors (Lipinski definition) is 7. The zero-order valence-electron chi connectivity index (χ0n) is 14.7. The Balaban J connectivity index is 3.02. The standard InChI is InChI=1S/C16H24N4O4S/c1-4-5-6-7-8-24-15-13(20(21)22)9-12(10-14(15)23-2)11-18-19-16(17)25-3/h9-11H,4-8H2,1-3H3,(H2,17,19)/b18-11-. The lowest BCUT2D eigenvalue weighted by atomic mass is 10.1. The van der Waals surface area contributed by atoms with Crippen LogP contribution in [0.3, 0.4) is 0 Å². The lowest BCUT2D eigenvalue weighted by Crippen LogP contribution is -2.04. The Labute approximate surface area is 151 Å². The molecule has 0 saturated heterocycles. The molecule has 0 atom stereocenters. The first kappa shape index (κ1) is 20.8. The number of methoxy groups -OCH3 is 1. The van der Waals surface area contributed by atoms with E-state index in [-0.39, 0.29) is 17.2 Å². The molecular weight excluding hydrogens is 344 g/mol. The van der Waals surface area contributed by atoms with Gasteiger partial charge in [-0.3, -0.25) is 10.1 Å². The zero-order chi connectivity index (χ0) is 18.7. The summed E-state index contributed by atoms with van der Waals surface area (Å²) in [4.78, 5) is 10.9. The van der Waals surface area contributed by atoms with Crippen LogP contribution in [0.25, 0.3) is 0 Å². The van der Waals surface area contributed by atoms with Gasteiger partial charge in [0.05, 0.1) is 24.9 Å². The van der Waals surface area contributed by atoms with Crippen LogP contribution in [0.1, 0.15) is 38.2 Å². The summed E-state index contributed by atoms with van der Waals surface area (Å²) in [6.07, 6.45) is 7.23. The summed E-state index contributed by atoms with van der Waals surface area (Å²) in [5, 5.41) is 19.2. The lowest BCUT2D eigenvalue weighted by Gasteiger charge is -2.11. The average Bonchev–Trinajstić information content (AvgIpc) is 2.61.